The van der Waals surface area contributed by atoms with Crippen LogP contribution in [0.4, 0.5) is 0 Å². The molecular weight excluding hydrogens is 256 g/mol. The van der Waals surface area contributed by atoms with E-state index in [2.05, 4.69) is 0 Å². The van der Waals surface area contributed by atoms with Crippen LogP contribution in [-0.4, -0.2) is 63.7 Å². The smallest absolute Gasteiger partial charge is 0.305 e. The van der Waals surface area contributed by atoms with Gasteiger partial charge in [-0.1, -0.05) is 19.8 Å². The first kappa shape index (κ1) is 16.3. The highest BCUT2D eigenvalue weighted by Crippen LogP contribution is 2.20. The predicted octanol–water partition coefficient (Wildman–Crippen LogP) is -1.09. The van der Waals surface area contributed by atoms with E-state index in [0.29, 0.717) is 0 Å². The van der Waals surface area contributed by atoms with Gasteiger partial charge in [0.15, 0.2) is 6.29 Å². The van der Waals surface area contributed by atoms with Gasteiger partial charge in [-0.05, 0) is 6.42 Å². The monoisotopic (exact) mass is 278 g/mol. The van der Waals surface area contributed by atoms with E-state index in [9.17, 15) is 25.2 Å². The predicted molar refractivity (Wildman–Crippen MR) is 64.0 cm³/mol. The van der Waals surface area contributed by atoms with Crippen LogP contribution in [0.5, 0.6) is 0 Å². The highest BCUT2D eigenvalue weighted by atomic mass is 16.6. The Bertz CT molecular complexity index is 283. The summed E-state index contributed by atoms with van der Waals surface area (Å²) in [6.07, 6.45) is -4.25. The maximum absolute atomic E-state index is 11.4. The van der Waals surface area contributed by atoms with Crippen molar-refractivity contribution in [2.24, 2.45) is 0 Å². The highest BCUT2D eigenvalue weighted by Gasteiger charge is 2.43. The highest BCUT2D eigenvalue weighted by molar-refractivity contribution is 5.69. The molecule has 5 atom stereocenters. The Morgan fingerprint density at radius 3 is 2.42 bits per heavy atom. The molecule has 1 aliphatic heterocycles. The third-order valence-corrected chi connectivity index (χ3v) is 3.08. The number of hydrogen-bond donors (Lipinski definition) is 4. The number of ether oxygens (including phenoxy) is 2. The van der Waals surface area contributed by atoms with Crippen molar-refractivity contribution >= 4 is 5.97 Å². The minimum Gasteiger partial charge on any atom is -0.463 e. The van der Waals surface area contributed by atoms with E-state index in [4.69, 9.17) is 9.47 Å². The van der Waals surface area contributed by atoms with Gasteiger partial charge in [0.25, 0.3) is 0 Å². The average molecular weight is 278 g/mol. The zero-order valence-corrected chi connectivity index (χ0v) is 10.9. The molecule has 1 saturated heterocycles. The zero-order chi connectivity index (χ0) is 14.4. The molecule has 1 aliphatic rings. The fourth-order valence-electron chi connectivity index (χ4n) is 1.84. The molecule has 0 saturated carbocycles. The number of aliphatic hydroxyl groups excluding tert-OH is 4. The van der Waals surface area contributed by atoms with Gasteiger partial charge < -0.3 is 29.9 Å². The SMILES string of the molecule is CCCCCC(=O)OC[C@H]1OC(O)[C@H](O)[C@@H](O)[C@@H]1O. The molecule has 1 fully saturated rings. The topological polar surface area (TPSA) is 116 Å². The molecule has 7 heteroatoms. The Hall–Kier alpha value is -0.730. The third kappa shape index (κ3) is 4.70. The molecule has 7 nitrogen and oxygen atoms in total. The van der Waals surface area contributed by atoms with Gasteiger partial charge in [0.1, 0.15) is 31.0 Å². The first-order valence-corrected chi connectivity index (χ1v) is 6.50. The van der Waals surface area contributed by atoms with Crippen molar-refractivity contribution in [3.8, 4) is 0 Å². The van der Waals surface area contributed by atoms with Crippen molar-refractivity contribution in [1.29, 1.82) is 0 Å². The van der Waals surface area contributed by atoms with Crippen LogP contribution >= 0.6 is 0 Å². The summed E-state index contributed by atoms with van der Waals surface area (Å²) in [7, 11) is 0. The van der Waals surface area contributed by atoms with Crippen LogP contribution in [0.15, 0.2) is 0 Å². The molecule has 0 aromatic rings. The van der Waals surface area contributed by atoms with Gasteiger partial charge in [-0.2, -0.15) is 0 Å². The number of carbonyl (C=O) groups excluding carboxylic acids is 1. The molecule has 0 spiro atoms. The number of unbranched alkanes of at least 4 members (excludes halogenated alkanes) is 2. The van der Waals surface area contributed by atoms with Crippen LogP contribution in [0, 0.1) is 0 Å². The van der Waals surface area contributed by atoms with Crippen molar-refractivity contribution in [2.45, 2.75) is 63.3 Å². The number of esters is 1. The molecule has 1 unspecified atom stereocenters. The Morgan fingerprint density at radius 2 is 1.79 bits per heavy atom. The van der Waals surface area contributed by atoms with Crippen LogP contribution in [0.3, 0.4) is 0 Å². The normalized spacial score (nSPS) is 35.1. The van der Waals surface area contributed by atoms with E-state index in [1.54, 1.807) is 0 Å². The maximum Gasteiger partial charge on any atom is 0.305 e. The summed E-state index contributed by atoms with van der Waals surface area (Å²) in [6.45, 7) is 1.75. The van der Waals surface area contributed by atoms with Crippen molar-refractivity contribution in [3.05, 3.63) is 0 Å². The summed E-state index contributed by atoms with van der Waals surface area (Å²) >= 11 is 0. The van der Waals surface area contributed by atoms with Crippen LogP contribution < -0.4 is 0 Å². The number of rotatable bonds is 6. The largest absolute Gasteiger partial charge is 0.463 e. The molecule has 112 valence electrons. The van der Waals surface area contributed by atoms with Gasteiger partial charge in [-0.25, -0.2) is 0 Å². The summed E-state index contributed by atoms with van der Waals surface area (Å²) in [6, 6.07) is 0. The molecule has 0 aromatic heterocycles. The first-order valence-electron chi connectivity index (χ1n) is 6.50. The molecule has 0 aromatic carbocycles. The standard InChI is InChI=1S/C12H22O7/c1-2-3-4-5-8(13)18-6-7-9(14)10(15)11(16)12(17)19-7/h7,9-12,14-17H,2-6H2,1H3/t7-,9-,10+,11-,12?/m1/s1. The summed E-state index contributed by atoms with van der Waals surface area (Å²) in [5, 5.41) is 37.6. The molecule has 0 bridgehead atoms. The van der Waals surface area contributed by atoms with Gasteiger partial charge in [-0.3, -0.25) is 4.79 Å². The third-order valence-electron chi connectivity index (χ3n) is 3.08. The molecule has 0 amide bonds. The molecule has 1 heterocycles. The Morgan fingerprint density at radius 1 is 1.11 bits per heavy atom. The second kappa shape index (κ2) is 7.76. The summed E-state index contributed by atoms with van der Waals surface area (Å²) < 4.78 is 9.78. The lowest BCUT2D eigenvalue weighted by Gasteiger charge is -2.37. The van der Waals surface area contributed by atoms with E-state index < -0.39 is 36.7 Å². The van der Waals surface area contributed by atoms with E-state index in [0.717, 1.165) is 19.3 Å². The lowest BCUT2D eigenvalue weighted by Crippen LogP contribution is -2.58. The fraction of sp³-hybridized carbons (Fsp3) is 0.917. The number of carbonyl (C=O) groups is 1. The average Bonchev–Trinajstić information content (AvgIpc) is 2.39. The fourth-order valence-corrected chi connectivity index (χ4v) is 1.84. The van der Waals surface area contributed by atoms with Crippen molar-refractivity contribution in [1.82, 2.24) is 0 Å². The molecular formula is C12H22O7. The van der Waals surface area contributed by atoms with Crippen LogP contribution in [0.2, 0.25) is 0 Å². The molecule has 0 radical (unpaired) electrons. The van der Waals surface area contributed by atoms with Crippen molar-refractivity contribution in [2.75, 3.05) is 6.61 Å². The summed E-state index contributed by atoms with van der Waals surface area (Å²) in [4.78, 5) is 11.4. The lowest BCUT2D eigenvalue weighted by molar-refractivity contribution is -0.287. The van der Waals surface area contributed by atoms with E-state index >= 15 is 0 Å². The summed E-state index contributed by atoms with van der Waals surface area (Å²) in [5.74, 6) is -0.417. The van der Waals surface area contributed by atoms with Crippen molar-refractivity contribution < 1.29 is 34.7 Å². The first-order chi connectivity index (χ1) is 8.97. The lowest BCUT2D eigenvalue weighted by atomic mass is 9.99. The minimum absolute atomic E-state index is 0.271. The van der Waals surface area contributed by atoms with E-state index in [1.807, 2.05) is 6.92 Å². The second-order valence-electron chi connectivity index (χ2n) is 4.68. The van der Waals surface area contributed by atoms with Crippen LogP contribution in [-0.2, 0) is 14.3 Å². The minimum atomic E-state index is -1.61. The second-order valence-corrected chi connectivity index (χ2v) is 4.68. The summed E-state index contributed by atoms with van der Waals surface area (Å²) in [5.41, 5.74) is 0. The Balaban J connectivity index is 2.34. The van der Waals surface area contributed by atoms with Crippen LogP contribution in [0.25, 0.3) is 0 Å². The van der Waals surface area contributed by atoms with Crippen molar-refractivity contribution in [3.63, 3.8) is 0 Å². The maximum atomic E-state index is 11.4. The Kier molecular flexibility index (Phi) is 6.67. The number of hydrogen-bond acceptors (Lipinski definition) is 7. The molecule has 19 heavy (non-hydrogen) atoms. The van der Waals surface area contributed by atoms with E-state index in [-0.39, 0.29) is 13.0 Å². The van der Waals surface area contributed by atoms with Gasteiger partial charge in [0.05, 0.1) is 0 Å². The number of aliphatic hydroxyl groups is 4. The molecule has 0 aliphatic carbocycles. The zero-order valence-electron chi connectivity index (χ0n) is 10.9. The van der Waals surface area contributed by atoms with Gasteiger partial charge in [0, 0.05) is 6.42 Å². The van der Waals surface area contributed by atoms with Gasteiger partial charge in [-0.15, -0.1) is 0 Å². The quantitative estimate of drug-likeness (QED) is 0.360. The Labute approximate surface area is 111 Å². The molecule has 1 rings (SSSR count). The van der Waals surface area contributed by atoms with Crippen LogP contribution in [0.1, 0.15) is 32.6 Å². The van der Waals surface area contributed by atoms with E-state index in [1.165, 1.54) is 0 Å². The molecule has 4 N–H and O–H groups in total. The van der Waals surface area contributed by atoms with Gasteiger partial charge in [0.2, 0.25) is 0 Å². The van der Waals surface area contributed by atoms with Gasteiger partial charge >= 0.3 is 5.97 Å².